The van der Waals surface area contributed by atoms with Gasteiger partial charge in [0.1, 0.15) is 11.9 Å². The van der Waals surface area contributed by atoms with Crippen molar-refractivity contribution < 1.29 is 9.90 Å². The Labute approximate surface area is 124 Å². The maximum atomic E-state index is 11.3. The Morgan fingerprint density at radius 3 is 3.00 bits per heavy atom. The molecule has 0 radical (unpaired) electrons. The summed E-state index contributed by atoms with van der Waals surface area (Å²) in [5.41, 5.74) is 2.83. The maximum Gasteiger partial charge on any atom is 0.308 e. The van der Waals surface area contributed by atoms with Gasteiger partial charge in [-0.05, 0) is 43.2 Å². The Morgan fingerprint density at radius 2 is 2.29 bits per heavy atom. The van der Waals surface area contributed by atoms with E-state index in [0.29, 0.717) is 30.3 Å². The molecule has 2 aliphatic rings. The van der Waals surface area contributed by atoms with Crippen LogP contribution in [0.2, 0.25) is 0 Å². The molecular formula is C16H19N3O2. The van der Waals surface area contributed by atoms with Crippen LogP contribution in [0.5, 0.6) is 0 Å². The normalized spacial score (nSPS) is 24.5. The summed E-state index contributed by atoms with van der Waals surface area (Å²) in [5.74, 6) is -0.168. The predicted molar refractivity (Wildman–Crippen MR) is 78.1 cm³/mol. The summed E-state index contributed by atoms with van der Waals surface area (Å²) in [6.45, 7) is 3.27. The Bertz CT molecular complexity index is 621. The Hall–Kier alpha value is -2.09. The van der Waals surface area contributed by atoms with Gasteiger partial charge < -0.3 is 10.0 Å². The number of pyridine rings is 1. The molecule has 5 heteroatoms. The van der Waals surface area contributed by atoms with Crippen molar-refractivity contribution in [3.63, 3.8) is 0 Å². The number of aromatic nitrogens is 1. The highest BCUT2D eigenvalue weighted by atomic mass is 16.4. The molecule has 1 aliphatic heterocycles. The summed E-state index contributed by atoms with van der Waals surface area (Å²) in [6.07, 6.45) is 3.73. The minimum atomic E-state index is -0.758. The highest BCUT2D eigenvalue weighted by molar-refractivity contribution is 5.71. The first-order valence-corrected chi connectivity index (χ1v) is 7.49. The van der Waals surface area contributed by atoms with Gasteiger partial charge in [0.2, 0.25) is 0 Å². The number of rotatable bonds is 2. The number of carboxylic acids is 1. The SMILES string of the molecule is CC1CC(C(=O)O)CN(c2nc3c(cc2C#N)CCC3)C1. The second kappa shape index (κ2) is 5.36. The topological polar surface area (TPSA) is 77.2 Å². The van der Waals surface area contributed by atoms with Crippen molar-refractivity contribution in [2.24, 2.45) is 11.8 Å². The van der Waals surface area contributed by atoms with Gasteiger partial charge in [0.25, 0.3) is 0 Å². The molecule has 0 saturated carbocycles. The molecule has 0 spiro atoms. The minimum Gasteiger partial charge on any atom is -0.481 e. The molecule has 2 atom stereocenters. The molecule has 1 N–H and O–H groups in total. The standard InChI is InChI=1S/C16H19N3O2/c1-10-5-13(16(20)21)9-19(8-10)15-12(7-17)6-11-3-2-4-14(11)18-15/h6,10,13H,2-5,8-9H2,1H3,(H,20,21). The maximum absolute atomic E-state index is 11.3. The first kappa shape index (κ1) is 13.9. The first-order valence-electron chi connectivity index (χ1n) is 7.49. The molecule has 5 nitrogen and oxygen atoms in total. The zero-order valence-electron chi connectivity index (χ0n) is 12.2. The first-order chi connectivity index (χ1) is 10.1. The summed E-state index contributed by atoms with van der Waals surface area (Å²) in [7, 11) is 0. The van der Waals surface area contributed by atoms with E-state index >= 15 is 0 Å². The highest BCUT2D eigenvalue weighted by Crippen LogP contribution is 2.31. The van der Waals surface area contributed by atoms with E-state index in [1.807, 2.05) is 11.0 Å². The quantitative estimate of drug-likeness (QED) is 0.899. The molecule has 3 rings (SSSR count). The van der Waals surface area contributed by atoms with E-state index in [-0.39, 0.29) is 5.92 Å². The number of nitriles is 1. The van der Waals surface area contributed by atoms with Gasteiger partial charge in [-0.25, -0.2) is 4.98 Å². The highest BCUT2D eigenvalue weighted by Gasteiger charge is 2.31. The lowest BCUT2D eigenvalue weighted by molar-refractivity contribution is -0.142. The summed E-state index contributed by atoms with van der Waals surface area (Å²) in [5, 5.41) is 18.7. The number of carboxylic acid groups (broad SMARTS) is 1. The van der Waals surface area contributed by atoms with Gasteiger partial charge in [0, 0.05) is 18.8 Å². The van der Waals surface area contributed by atoms with Crippen molar-refractivity contribution in [1.82, 2.24) is 4.98 Å². The van der Waals surface area contributed by atoms with Gasteiger partial charge in [-0.2, -0.15) is 5.26 Å². The van der Waals surface area contributed by atoms with E-state index in [1.165, 1.54) is 5.56 Å². The summed E-state index contributed by atoms with van der Waals surface area (Å²) in [6, 6.07) is 4.17. The predicted octanol–water partition coefficient (Wildman–Crippen LogP) is 1.99. The van der Waals surface area contributed by atoms with Gasteiger partial charge >= 0.3 is 5.97 Å². The molecule has 0 amide bonds. The van der Waals surface area contributed by atoms with Gasteiger partial charge in [-0.3, -0.25) is 4.79 Å². The van der Waals surface area contributed by atoms with Crippen molar-refractivity contribution in [2.75, 3.05) is 18.0 Å². The lowest BCUT2D eigenvalue weighted by atomic mass is 9.90. The Kier molecular flexibility index (Phi) is 3.54. The third kappa shape index (κ3) is 2.58. The van der Waals surface area contributed by atoms with Crippen molar-refractivity contribution in [3.05, 3.63) is 22.9 Å². The third-order valence-electron chi connectivity index (χ3n) is 4.46. The molecule has 1 aliphatic carbocycles. The number of fused-ring (bicyclic) bond motifs is 1. The number of nitrogens with zero attached hydrogens (tertiary/aromatic N) is 3. The fourth-order valence-corrected chi connectivity index (χ4v) is 3.49. The van der Waals surface area contributed by atoms with Gasteiger partial charge in [-0.15, -0.1) is 0 Å². The van der Waals surface area contributed by atoms with E-state index < -0.39 is 5.97 Å². The molecular weight excluding hydrogens is 266 g/mol. The fourth-order valence-electron chi connectivity index (χ4n) is 3.49. The third-order valence-corrected chi connectivity index (χ3v) is 4.46. The number of piperidine rings is 1. The lowest BCUT2D eigenvalue weighted by Crippen LogP contribution is -2.43. The number of aryl methyl sites for hydroxylation is 2. The summed E-state index contributed by atoms with van der Waals surface area (Å²) < 4.78 is 0. The molecule has 1 aromatic heterocycles. The zero-order chi connectivity index (χ0) is 15.0. The Morgan fingerprint density at radius 1 is 1.48 bits per heavy atom. The van der Waals surface area contributed by atoms with Gasteiger partial charge in [0.05, 0.1) is 11.5 Å². The summed E-state index contributed by atoms with van der Waals surface area (Å²) in [4.78, 5) is 18.0. The largest absolute Gasteiger partial charge is 0.481 e. The number of hydrogen-bond donors (Lipinski definition) is 1. The monoisotopic (exact) mass is 285 g/mol. The number of carbonyl (C=O) groups is 1. The van der Waals surface area contributed by atoms with Crippen LogP contribution >= 0.6 is 0 Å². The average molecular weight is 285 g/mol. The van der Waals surface area contributed by atoms with Gasteiger partial charge in [0.15, 0.2) is 0 Å². The zero-order valence-corrected chi connectivity index (χ0v) is 12.2. The van der Waals surface area contributed by atoms with E-state index in [1.54, 1.807) is 0 Å². The molecule has 2 unspecified atom stereocenters. The minimum absolute atomic E-state index is 0.293. The van der Waals surface area contributed by atoms with E-state index in [2.05, 4.69) is 18.0 Å². The van der Waals surface area contributed by atoms with Crippen molar-refractivity contribution >= 4 is 11.8 Å². The van der Waals surface area contributed by atoms with Crippen molar-refractivity contribution in [2.45, 2.75) is 32.6 Å². The van der Waals surface area contributed by atoms with Crippen LogP contribution < -0.4 is 4.90 Å². The molecule has 110 valence electrons. The van der Waals surface area contributed by atoms with Crippen molar-refractivity contribution in [3.8, 4) is 6.07 Å². The number of aliphatic carboxylic acids is 1. The smallest absolute Gasteiger partial charge is 0.308 e. The molecule has 1 fully saturated rings. The van der Waals surface area contributed by atoms with E-state index in [0.717, 1.165) is 31.5 Å². The molecule has 1 aromatic rings. The summed E-state index contributed by atoms with van der Waals surface area (Å²) >= 11 is 0. The van der Waals surface area contributed by atoms with Crippen LogP contribution in [0.15, 0.2) is 6.07 Å². The van der Waals surface area contributed by atoms with Crippen LogP contribution in [-0.4, -0.2) is 29.1 Å². The van der Waals surface area contributed by atoms with Gasteiger partial charge in [-0.1, -0.05) is 6.92 Å². The van der Waals surface area contributed by atoms with Crippen LogP contribution in [0.25, 0.3) is 0 Å². The number of anilines is 1. The van der Waals surface area contributed by atoms with E-state index in [9.17, 15) is 15.2 Å². The molecule has 2 heterocycles. The van der Waals surface area contributed by atoms with Crippen LogP contribution in [-0.2, 0) is 17.6 Å². The van der Waals surface area contributed by atoms with E-state index in [4.69, 9.17) is 0 Å². The molecule has 0 aromatic carbocycles. The second-order valence-corrected chi connectivity index (χ2v) is 6.21. The van der Waals surface area contributed by atoms with Crippen LogP contribution in [0.1, 0.15) is 36.6 Å². The fraction of sp³-hybridized carbons (Fsp3) is 0.562. The van der Waals surface area contributed by atoms with Crippen LogP contribution in [0.3, 0.4) is 0 Å². The Balaban J connectivity index is 1.96. The molecule has 0 bridgehead atoms. The van der Waals surface area contributed by atoms with Crippen molar-refractivity contribution in [1.29, 1.82) is 5.26 Å². The van der Waals surface area contributed by atoms with Crippen LogP contribution in [0, 0.1) is 23.2 Å². The molecule has 1 saturated heterocycles. The lowest BCUT2D eigenvalue weighted by Gasteiger charge is -2.36. The van der Waals surface area contributed by atoms with Crippen LogP contribution in [0.4, 0.5) is 5.82 Å². The molecule has 21 heavy (non-hydrogen) atoms. The second-order valence-electron chi connectivity index (χ2n) is 6.21. The number of hydrogen-bond acceptors (Lipinski definition) is 4. The average Bonchev–Trinajstić information content (AvgIpc) is 2.92.